The molecule has 96 valence electrons. The summed E-state index contributed by atoms with van der Waals surface area (Å²) in [4.78, 5) is 0. The Morgan fingerprint density at radius 2 is 1.35 bits per heavy atom. The van der Waals surface area contributed by atoms with Crippen LogP contribution in [0.15, 0.2) is 24.3 Å². The first-order chi connectivity index (χ1) is 8.34. The standard InChI is InChI=1S/C15H22Cl2/c16-13-9-5-3-1-2-4-6-10-14-11-7-8-12-15(14)17/h7-8,11-12H,1-6,9-10,13H2. The highest BCUT2D eigenvalue weighted by Crippen LogP contribution is 2.18. The third kappa shape index (κ3) is 6.95. The summed E-state index contributed by atoms with van der Waals surface area (Å²) >= 11 is 11.7. The maximum Gasteiger partial charge on any atom is 0.0437 e. The van der Waals surface area contributed by atoms with Crippen LogP contribution in [-0.2, 0) is 6.42 Å². The van der Waals surface area contributed by atoms with Crippen molar-refractivity contribution < 1.29 is 0 Å². The van der Waals surface area contributed by atoms with Gasteiger partial charge >= 0.3 is 0 Å². The van der Waals surface area contributed by atoms with Crippen LogP contribution >= 0.6 is 23.2 Å². The van der Waals surface area contributed by atoms with Crippen molar-refractivity contribution in [1.29, 1.82) is 0 Å². The van der Waals surface area contributed by atoms with E-state index in [1.165, 1.54) is 50.5 Å². The zero-order valence-electron chi connectivity index (χ0n) is 10.4. The summed E-state index contributed by atoms with van der Waals surface area (Å²) in [7, 11) is 0. The summed E-state index contributed by atoms with van der Waals surface area (Å²) in [6.07, 6.45) is 10.1. The number of benzene rings is 1. The Bertz CT molecular complexity index is 297. The van der Waals surface area contributed by atoms with E-state index in [0.29, 0.717) is 0 Å². The van der Waals surface area contributed by atoms with E-state index in [-0.39, 0.29) is 0 Å². The van der Waals surface area contributed by atoms with Gasteiger partial charge in [0.2, 0.25) is 0 Å². The predicted molar refractivity (Wildman–Crippen MR) is 78.2 cm³/mol. The fourth-order valence-electron chi connectivity index (χ4n) is 1.99. The Kier molecular flexibility index (Phi) is 8.56. The fourth-order valence-corrected chi connectivity index (χ4v) is 2.41. The van der Waals surface area contributed by atoms with Crippen molar-refractivity contribution in [3.8, 4) is 0 Å². The van der Waals surface area contributed by atoms with Crippen molar-refractivity contribution in [3.05, 3.63) is 34.9 Å². The van der Waals surface area contributed by atoms with E-state index in [0.717, 1.165) is 17.3 Å². The van der Waals surface area contributed by atoms with Crippen LogP contribution < -0.4 is 0 Å². The Hall–Kier alpha value is -0.200. The topological polar surface area (TPSA) is 0 Å². The predicted octanol–water partition coefficient (Wildman–Crippen LogP) is 5.85. The average molecular weight is 273 g/mol. The summed E-state index contributed by atoms with van der Waals surface area (Å²) in [5, 5.41) is 0.912. The van der Waals surface area contributed by atoms with Crippen LogP contribution in [0.3, 0.4) is 0 Å². The van der Waals surface area contributed by atoms with Crippen LogP contribution in [-0.4, -0.2) is 5.88 Å². The van der Waals surface area contributed by atoms with Gasteiger partial charge in [0, 0.05) is 10.9 Å². The lowest BCUT2D eigenvalue weighted by Gasteiger charge is -2.04. The number of hydrogen-bond acceptors (Lipinski definition) is 0. The van der Waals surface area contributed by atoms with Gasteiger partial charge in [0.15, 0.2) is 0 Å². The van der Waals surface area contributed by atoms with Gasteiger partial charge in [-0.05, 0) is 30.9 Å². The largest absolute Gasteiger partial charge is 0.127 e. The summed E-state index contributed by atoms with van der Waals surface area (Å²) < 4.78 is 0. The molecule has 1 aromatic carbocycles. The molecule has 0 saturated heterocycles. The van der Waals surface area contributed by atoms with Gasteiger partial charge in [-0.1, -0.05) is 61.9 Å². The molecule has 0 aliphatic carbocycles. The molecule has 1 rings (SSSR count). The van der Waals surface area contributed by atoms with Crippen LogP contribution in [0.25, 0.3) is 0 Å². The minimum atomic E-state index is 0.812. The van der Waals surface area contributed by atoms with Crippen LogP contribution in [0.1, 0.15) is 50.5 Å². The quantitative estimate of drug-likeness (QED) is 0.391. The molecule has 0 unspecified atom stereocenters. The molecule has 0 aliphatic rings. The average Bonchev–Trinajstić information content (AvgIpc) is 2.35. The number of aryl methyl sites for hydroxylation is 1. The monoisotopic (exact) mass is 272 g/mol. The zero-order chi connectivity index (χ0) is 12.3. The molecule has 1 aromatic rings. The highest BCUT2D eigenvalue weighted by atomic mass is 35.5. The maximum absolute atomic E-state index is 6.11. The number of unbranched alkanes of at least 4 members (excludes halogenated alkanes) is 6. The minimum absolute atomic E-state index is 0.812. The highest BCUT2D eigenvalue weighted by molar-refractivity contribution is 6.31. The maximum atomic E-state index is 6.11. The molecule has 0 atom stereocenters. The highest BCUT2D eigenvalue weighted by Gasteiger charge is 1.98. The number of rotatable bonds is 9. The molecule has 0 spiro atoms. The van der Waals surface area contributed by atoms with E-state index in [9.17, 15) is 0 Å². The second kappa shape index (κ2) is 9.79. The normalized spacial score (nSPS) is 10.7. The third-order valence-electron chi connectivity index (χ3n) is 3.04. The molecule has 0 N–H and O–H groups in total. The molecule has 2 heteroatoms. The second-order valence-corrected chi connectivity index (χ2v) is 5.29. The Labute approximate surface area is 115 Å². The van der Waals surface area contributed by atoms with E-state index in [4.69, 9.17) is 23.2 Å². The molecule has 0 radical (unpaired) electrons. The first-order valence-electron chi connectivity index (χ1n) is 6.64. The van der Waals surface area contributed by atoms with Crippen molar-refractivity contribution in [2.24, 2.45) is 0 Å². The van der Waals surface area contributed by atoms with Crippen LogP contribution in [0.2, 0.25) is 5.02 Å². The van der Waals surface area contributed by atoms with E-state index in [1.807, 2.05) is 12.1 Å². The van der Waals surface area contributed by atoms with Gasteiger partial charge in [-0.3, -0.25) is 0 Å². The molecule has 0 nitrogen and oxygen atoms in total. The SMILES string of the molecule is ClCCCCCCCCCc1ccccc1Cl. The van der Waals surface area contributed by atoms with Gasteiger partial charge in [0.1, 0.15) is 0 Å². The third-order valence-corrected chi connectivity index (χ3v) is 3.67. The zero-order valence-corrected chi connectivity index (χ0v) is 11.9. The summed E-state index contributed by atoms with van der Waals surface area (Å²) in [5.74, 6) is 0.812. The molecule has 0 amide bonds. The van der Waals surface area contributed by atoms with Crippen LogP contribution in [0, 0.1) is 0 Å². The van der Waals surface area contributed by atoms with E-state index < -0.39 is 0 Å². The summed E-state index contributed by atoms with van der Waals surface area (Å²) in [6.45, 7) is 0. The first kappa shape index (κ1) is 14.9. The lowest BCUT2D eigenvalue weighted by molar-refractivity contribution is 0.590. The van der Waals surface area contributed by atoms with E-state index in [1.54, 1.807) is 0 Å². The number of alkyl halides is 1. The van der Waals surface area contributed by atoms with E-state index in [2.05, 4.69) is 12.1 Å². The first-order valence-corrected chi connectivity index (χ1v) is 7.55. The van der Waals surface area contributed by atoms with Gasteiger partial charge in [0.25, 0.3) is 0 Å². The molecule has 0 aromatic heterocycles. The Morgan fingerprint density at radius 1 is 0.765 bits per heavy atom. The van der Waals surface area contributed by atoms with Crippen molar-refractivity contribution in [2.45, 2.75) is 51.4 Å². The summed E-state index contributed by atoms with van der Waals surface area (Å²) in [5.41, 5.74) is 1.29. The van der Waals surface area contributed by atoms with Crippen molar-refractivity contribution in [3.63, 3.8) is 0 Å². The molecule has 0 aliphatic heterocycles. The van der Waals surface area contributed by atoms with Crippen molar-refractivity contribution >= 4 is 23.2 Å². The Balaban J connectivity index is 1.99. The molecule has 17 heavy (non-hydrogen) atoms. The van der Waals surface area contributed by atoms with Gasteiger partial charge in [0.05, 0.1) is 0 Å². The fraction of sp³-hybridized carbons (Fsp3) is 0.600. The van der Waals surface area contributed by atoms with Crippen molar-refractivity contribution in [1.82, 2.24) is 0 Å². The minimum Gasteiger partial charge on any atom is -0.127 e. The van der Waals surface area contributed by atoms with Crippen LogP contribution in [0.4, 0.5) is 0 Å². The molecule has 0 fully saturated rings. The number of halogens is 2. The van der Waals surface area contributed by atoms with Crippen molar-refractivity contribution in [2.75, 3.05) is 5.88 Å². The Morgan fingerprint density at radius 3 is 2.00 bits per heavy atom. The lowest BCUT2D eigenvalue weighted by Crippen LogP contribution is -1.87. The number of hydrogen-bond donors (Lipinski definition) is 0. The van der Waals surface area contributed by atoms with Gasteiger partial charge in [-0.25, -0.2) is 0 Å². The lowest BCUT2D eigenvalue weighted by atomic mass is 10.0. The summed E-state index contributed by atoms with van der Waals surface area (Å²) in [6, 6.07) is 8.15. The molecular weight excluding hydrogens is 251 g/mol. The van der Waals surface area contributed by atoms with Crippen LogP contribution in [0.5, 0.6) is 0 Å². The van der Waals surface area contributed by atoms with E-state index >= 15 is 0 Å². The second-order valence-electron chi connectivity index (χ2n) is 4.51. The molecule has 0 bridgehead atoms. The van der Waals surface area contributed by atoms with Gasteiger partial charge in [-0.2, -0.15) is 0 Å². The van der Waals surface area contributed by atoms with Gasteiger partial charge in [-0.15, -0.1) is 11.6 Å². The smallest absolute Gasteiger partial charge is 0.0437 e. The molecule has 0 saturated carbocycles. The van der Waals surface area contributed by atoms with Gasteiger partial charge < -0.3 is 0 Å². The molecular formula is C15H22Cl2. The molecule has 0 heterocycles.